The summed E-state index contributed by atoms with van der Waals surface area (Å²) in [6, 6.07) is 29.7. The van der Waals surface area contributed by atoms with Crippen LogP contribution in [-0.2, 0) is 11.0 Å². The second-order valence-electron chi connectivity index (χ2n) is 8.72. The summed E-state index contributed by atoms with van der Waals surface area (Å²) in [5.41, 5.74) is 1.06. The lowest BCUT2D eigenvalue weighted by atomic mass is 10.2. The van der Waals surface area contributed by atoms with Gasteiger partial charge in [0.05, 0.1) is 12.3 Å². The highest BCUT2D eigenvalue weighted by atomic mass is 28.4. The van der Waals surface area contributed by atoms with E-state index in [0.29, 0.717) is 24.4 Å². The van der Waals surface area contributed by atoms with Gasteiger partial charge in [-0.15, -0.1) is 0 Å². The Labute approximate surface area is 192 Å². The van der Waals surface area contributed by atoms with E-state index in [1.54, 1.807) is 16.7 Å². The first-order chi connectivity index (χ1) is 15.4. The van der Waals surface area contributed by atoms with E-state index in [1.165, 1.54) is 10.4 Å². The Morgan fingerprint density at radius 3 is 2.03 bits per heavy atom. The van der Waals surface area contributed by atoms with Crippen LogP contribution in [0.5, 0.6) is 0 Å². The van der Waals surface area contributed by atoms with Gasteiger partial charge in [-0.2, -0.15) is 5.26 Å². The van der Waals surface area contributed by atoms with E-state index in [9.17, 15) is 10.4 Å². The minimum Gasteiger partial charge on any atom is -0.407 e. The Balaban J connectivity index is 1.80. The molecule has 0 aliphatic rings. The van der Waals surface area contributed by atoms with E-state index >= 15 is 0 Å². The van der Waals surface area contributed by atoms with Crippen LogP contribution in [-0.4, -0.2) is 24.6 Å². The van der Waals surface area contributed by atoms with Crippen molar-refractivity contribution in [2.75, 3.05) is 6.61 Å². The van der Waals surface area contributed by atoms with Crippen LogP contribution in [0, 0.1) is 23.3 Å². The maximum Gasteiger partial charge on any atom is 0.261 e. The Kier molecular flexibility index (Phi) is 7.72. The molecular formula is C27H30N2O2Si. The van der Waals surface area contributed by atoms with Crippen LogP contribution in [0.1, 0.15) is 45.0 Å². The Bertz CT molecular complexity index is 1070. The third-order valence-corrected chi connectivity index (χ3v) is 10.7. The van der Waals surface area contributed by atoms with E-state index in [0.717, 1.165) is 6.42 Å². The van der Waals surface area contributed by atoms with Gasteiger partial charge in [0.2, 0.25) is 0 Å². The Hall–Kier alpha value is -3.09. The molecule has 0 aliphatic carbocycles. The average molecular weight is 443 g/mol. The molecule has 0 amide bonds. The van der Waals surface area contributed by atoms with Crippen molar-refractivity contribution < 1.29 is 9.53 Å². The first-order valence-corrected chi connectivity index (χ1v) is 12.8. The molecule has 0 radical (unpaired) electrons. The quantitative estimate of drug-likeness (QED) is 0.342. The number of nitrogens with zero attached hydrogens (tertiary/aromatic N) is 2. The predicted octanol–water partition coefficient (Wildman–Crippen LogP) is 4.02. The molecule has 32 heavy (non-hydrogen) atoms. The largest absolute Gasteiger partial charge is 0.407 e. The monoisotopic (exact) mass is 442 g/mol. The molecule has 0 aliphatic heterocycles. The number of aliphatic hydroxyl groups is 1. The number of hydrogen-bond acceptors (Lipinski definition) is 3. The maximum absolute atomic E-state index is 9.44. The molecule has 4 nitrogen and oxygen atoms in total. The zero-order valence-corrected chi connectivity index (χ0v) is 20.0. The van der Waals surface area contributed by atoms with Gasteiger partial charge < -0.3 is 9.53 Å². The molecule has 0 bridgehead atoms. The van der Waals surface area contributed by atoms with Crippen LogP contribution < -0.4 is 10.4 Å². The summed E-state index contributed by atoms with van der Waals surface area (Å²) in [4.78, 5) is 0. The van der Waals surface area contributed by atoms with Gasteiger partial charge in [0.1, 0.15) is 11.8 Å². The molecule has 164 valence electrons. The number of hydrogen-bond donors (Lipinski definition) is 1. The topological polar surface area (TPSA) is 58.2 Å². The van der Waals surface area contributed by atoms with Crippen LogP contribution in [0.2, 0.25) is 5.04 Å². The van der Waals surface area contributed by atoms with Crippen LogP contribution in [0.3, 0.4) is 0 Å². The van der Waals surface area contributed by atoms with Crippen molar-refractivity contribution in [3.05, 3.63) is 84.2 Å². The summed E-state index contributed by atoms with van der Waals surface area (Å²) in [5.74, 6) is 3.13. The van der Waals surface area contributed by atoms with Gasteiger partial charge in [0, 0.05) is 19.1 Å². The van der Waals surface area contributed by atoms with E-state index in [-0.39, 0.29) is 11.6 Å². The molecule has 0 saturated heterocycles. The minimum atomic E-state index is -2.52. The van der Waals surface area contributed by atoms with Gasteiger partial charge in [0.25, 0.3) is 8.32 Å². The summed E-state index contributed by atoms with van der Waals surface area (Å²) >= 11 is 0. The number of rotatable bonds is 7. The van der Waals surface area contributed by atoms with Crippen LogP contribution >= 0.6 is 0 Å². The minimum absolute atomic E-state index is 0.0513. The van der Waals surface area contributed by atoms with Gasteiger partial charge in [-0.1, -0.05) is 87.4 Å². The first kappa shape index (κ1) is 23.6. The lowest BCUT2D eigenvalue weighted by Crippen LogP contribution is -2.66. The summed E-state index contributed by atoms with van der Waals surface area (Å²) in [6.07, 6.45) is 1.43. The third kappa shape index (κ3) is 4.87. The molecule has 1 heterocycles. The second-order valence-corrected chi connectivity index (χ2v) is 13.0. The van der Waals surface area contributed by atoms with Gasteiger partial charge >= 0.3 is 0 Å². The van der Waals surface area contributed by atoms with Crippen molar-refractivity contribution in [2.24, 2.45) is 0 Å². The van der Waals surface area contributed by atoms with E-state index < -0.39 is 8.32 Å². The van der Waals surface area contributed by atoms with Crippen LogP contribution in [0.4, 0.5) is 0 Å². The highest BCUT2D eigenvalue weighted by molar-refractivity contribution is 6.99. The van der Waals surface area contributed by atoms with Gasteiger partial charge in [-0.3, -0.25) is 4.57 Å². The predicted molar refractivity (Wildman–Crippen MR) is 131 cm³/mol. The van der Waals surface area contributed by atoms with Gasteiger partial charge in [-0.25, -0.2) is 0 Å². The van der Waals surface area contributed by atoms with Crippen molar-refractivity contribution in [3.63, 3.8) is 0 Å². The Morgan fingerprint density at radius 1 is 0.938 bits per heavy atom. The van der Waals surface area contributed by atoms with Crippen LogP contribution in [0.25, 0.3) is 0 Å². The molecule has 5 heteroatoms. The fraction of sp³-hybridized carbons (Fsp3) is 0.296. The van der Waals surface area contributed by atoms with Crippen LogP contribution in [0.15, 0.2) is 72.8 Å². The van der Waals surface area contributed by atoms with Gasteiger partial charge in [-0.05, 0) is 34.0 Å². The molecular weight excluding hydrogens is 412 g/mol. The summed E-state index contributed by atoms with van der Waals surface area (Å²) in [7, 11) is -2.52. The summed E-state index contributed by atoms with van der Waals surface area (Å²) in [5, 5.41) is 21.1. The highest BCUT2D eigenvalue weighted by Gasteiger charge is 2.49. The number of unbranched alkanes of at least 4 members (excludes halogenated alkanes) is 1. The maximum atomic E-state index is 9.44. The number of aromatic nitrogens is 1. The lowest BCUT2D eigenvalue weighted by molar-refractivity contribution is 0.275. The SMILES string of the molecule is CC(C)(C)[Si](OCCCC#Cn1c(C#N)ccc1CO)(c1ccccc1)c1ccccc1. The van der Waals surface area contributed by atoms with Gasteiger partial charge in [0.15, 0.2) is 0 Å². The smallest absolute Gasteiger partial charge is 0.261 e. The average Bonchev–Trinajstić information content (AvgIpc) is 3.21. The fourth-order valence-corrected chi connectivity index (χ4v) is 8.71. The third-order valence-electron chi connectivity index (χ3n) is 5.61. The van der Waals surface area contributed by atoms with Crippen molar-refractivity contribution in [1.29, 1.82) is 5.26 Å². The zero-order valence-electron chi connectivity index (χ0n) is 19.0. The van der Waals surface area contributed by atoms with E-state index in [4.69, 9.17) is 4.43 Å². The lowest BCUT2D eigenvalue weighted by Gasteiger charge is -2.43. The molecule has 0 fully saturated rings. The molecule has 0 atom stereocenters. The van der Waals surface area contributed by atoms with E-state index in [2.05, 4.69) is 87.3 Å². The standard InChI is InChI=1S/C27H30N2O2Si/c1-27(2,3)32(25-13-7-4-8-14-25,26-15-9-5-10-16-26)31-20-12-6-11-19-29-23(21-28)17-18-24(29)22-30/h4-5,7-10,13-18,30H,6,12,20,22H2,1-3H3. The molecule has 1 N–H and O–H groups in total. The van der Waals surface area contributed by atoms with E-state index in [1.807, 2.05) is 12.1 Å². The summed E-state index contributed by atoms with van der Waals surface area (Å²) < 4.78 is 8.42. The second kappa shape index (κ2) is 10.5. The molecule has 0 unspecified atom stereocenters. The number of aliphatic hydroxyl groups excluding tert-OH is 1. The number of benzene rings is 2. The van der Waals surface area contributed by atoms with Crippen molar-refractivity contribution >= 4 is 18.7 Å². The molecule has 2 aromatic carbocycles. The normalized spacial score (nSPS) is 11.5. The molecule has 1 aromatic heterocycles. The first-order valence-electron chi connectivity index (χ1n) is 10.9. The molecule has 3 aromatic rings. The molecule has 0 saturated carbocycles. The van der Waals surface area contributed by atoms with Crippen molar-refractivity contribution in [2.45, 2.75) is 45.3 Å². The summed E-state index contributed by atoms with van der Waals surface area (Å²) in [6.45, 7) is 7.26. The van der Waals surface area contributed by atoms with Crippen molar-refractivity contribution in [1.82, 2.24) is 4.57 Å². The fourth-order valence-electron chi connectivity index (χ4n) is 4.10. The number of nitriles is 1. The zero-order chi connectivity index (χ0) is 23.0. The molecule has 3 rings (SSSR count). The Morgan fingerprint density at radius 2 is 1.53 bits per heavy atom. The highest BCUT2D eigenvalue weighted by Crippen LogP contribution is 2.36. The molecule has 0 spiro atoms. The van der Waals surface area contributed by atoms with Crippen molar-refractivity contribution in [3.8, 4) is 18.0 Å².